The fraction of sp³-hybridized carbons (Fsp3) is 0.333. The second-order valence-corrected chi connectivity index (χ2v) is 7.92. The number of hydrogen-bond acceptors (Lipinski definition) is 3. The molecule has 0 aliphatic rings. The van der Waals surface area contributed by atoms with Crippen LogP contribution in [0.1, 0.15) is 34.5 Å². The molecule has 2 aromatic carbocycles. The lowest BCUT2D eigenvalue weighted by molar-refractivity contribution is -0.123. The SMILES string of the molecule is CC(NC(=O)CN(C)Cc1ccc(C(=O)NCC(F)(F)F)cc1)c1ccc(Br)cc1. The van der Waals surface area contributed by atoms with E-state index in [2.05, 4.69) is 21.2 Å². The number of likely N-dealkylation sites (N-methyl/N-ethyl adjacent to an activating group) is 1. The van der Waals surface area contributed by atoms with E-state index in [1.165, 1.54) is 12.1 Å². The van der Waals surface area contributed by atoms with Crippen LogP contribution in [-0.2, 0) is 11.3 Å². The normalized spacial score (nSPS) is 12.5. The van der Waals surface area contributed by atoms with Crippen molar-refractivity contribution in [2.45, 2.75) is 25.7 Å². The maximum Gasteiger partial charge on any atom is 0.405 e. The van der Waals surface area contributed by atoms with E-state index in [1.807, 2.05) is 41.4 Å². The quantitative estimate of drug-likeness (QED) is 0.592. The first-order chi connectivity index (χ1) is 14.0. The molecule has 0 fully saturated rings. The third-order valence-corrected chi connectivity index (χ3v) is 4.81. The minimum Gasteiger partial charge on any atom is -0.348 e. The van der Waals surface area contributed by atoms with Gasteiger partial charge in [-0.05, 0) is 49.4 Å². The highest BCUT2D eigenvalue weighted by molar-refractivity contribution is 9.10. The van der Waals surface area contributed by atoms with Gasteiger partial charge in [0.25, 0.3) is 5.91 Å². The Kier molecular flexibility index (Phi) is 8.43. The summed E-state index contributed by atoms with van der Waals surface area (Å²) >= 11 is 3.38. The molecule has 0 aromatic heterocycles. The van der Waals surface area contributed by atoms with Crippen molar-refractivity contribution >= 4 is 27.7 Å². The standard InChI is InChI=1S/C21H23BrF3N3O2/c1-14(16-7-9-18(22)10-8-16)27-19(29)12-28(2)11-15-3-5-17(6-4-15)20(30)26-13-21(23,24)25/h3-10,14H,11-13H2,1-2H3,(H,26,30)(H,27,29). The third kappa shape index (κ3) is 8.16. The van der Waals surface area contributed by atoms with Gasteiger partial charge in [-0.25, -0.2) is 0 Å². The van der Waals surface area contributed by atoms with Gasteiger partial charge in [0, 0.05) is 16.6 Å². The third-order valence-electron chi connectivity index (χ3n) is 4.28. The molecule has 2 aromatic rings. The van der Waals surface area contributed by atoms with Crippen LogP contribution in [0.2, 0.25) is 0 Å². The van der Waals surface area contributed by atoms with Crippen molar-refractivity contribution in [3.63, 3.8) is 0 Å². The molecule has 5 nitrogen and oxygen atoms in total. The minimum atomic E-state index is -4.45. The van der Waals surface area contributed by atoms with E-state index >= 15 is 0 Å². The van der Waals surface area contributed by atoms with E-state index in [0.717, 1.165) is 15.6 Å². The first-order valence-electron chi connectivity index (χ1n) is 9.21. The summed E-state index contributed by atoms with van der Waals surface area (Å²) in [7, 11) is 1.79. The van der Waals surface area contributed by atoms with Gasteiger partial charge in [-0.2, -0.15) is 13.2 Å². The Morgan fingerprint density at radius 3 is 2.23 bits per heavy atom. The highest BCUT2D eigenvalue weighted by atomic mass is 79.9. The summed E-state index contributed by atoms with van der Waals surface area (Å²) in [6.07, 6.45) is -4.45. The van der Waals surface area contributed by atoms with Crippen LogP contribution in [0.4, 0.5) is 13.2 Å². The molecule has 0 aliphatic carbocycles. The molecule has 162 valence electrons. The monoisotopic (exact) mass is 485 g/mol. The van der Waals surface area contributed by atoms with Crippen LogP contribution in [0, 0.1) is 0 Å². The first-order valence-corrected chi connectivity index (χ1v) is 10.00. The van der Waals surface area contributed by atoms with Crippen LogP contribution < -0.4 is 10.6 Å². The smallest absolute Gasteiger partial charge is 0.348 e. The van der Waals surface area contributed by atoms with Gasteiger partial charge in [0.1, 0.15) is 6.54 Å². The predicted molar refractivity (Wildman–Crippen MR) is 112 cm³/mol. The molecular weight excluding hydrogens is 463 g/mol. The largest absolute Gasteiger partial charge is 0.405 e. The number of hydrogen-bond donors (Lipinski definition) is 2. The number of carbonyl (C=O) groups excluding carboxylic acids is 2. The van der Waals surface area contributed by atoms with Crippen LogP contribution >= 0.6 is 15.9 Å². The average Bonchev–Trinajstić information content (AvgIpc) is 2.66. The van der Waals surface area contributed by atoms with Gasteiger partial charge in [-0.1, -0.05) is 40.2 Å². The van der Waals surface area contributed by atoms with Gasteiger partial charge in [0.2, 0.25) is 5.91 Å². The van der Waals surface area contributed by atoms with E-state index in [9.17, 15) is 22.8 Å². The van der Waals surface area contributed by atoms with Crippen molar-refractivity contribution in [2.24, 2.45) is 0 Å². The number of rotatable bonds is 8. The molecule has 0 saturated heterocycles. The fourth-order valence-electron chi connectivity index (χ4n) is 2.78. The number of nitrogens with zero attached hydrogens (tertiary/aromatic N) is 1. The highest BCUT2D eigenvalue weighted by Crippen LogP contribution is 2.16. The van der Waals surface area contributed by atoms with Gasteiger partial charge < -0.3 is 10.6 Å². The second kappa shape index (κ2) is 10.6. The molecule has 9 heteroatoms. The van der Waals surface area contributed by atoms with Crippen LogP contribution in [0.15, 0.2) is 53.0 Å². The average molecular weight is 486 g/mol. The Balaban J connectivity index is 1.82. The van der Waals surface area contributed by atoms with Crippen molar-refractivity contribution in [3.05, 3.63) is 69.7 Å². The van der Waals surface area contributed by atoms with Crippen molar-refractivity contribution in [2.75, 3.05) is 20.1 Å². The van der Waals surface area contributed by atoms with Gasteiger partial charge in [-0.3, -0.25) is 14.5 Å². The molecular formula is C21H23BrF3N3O2. The van der Waals surface area contributed by atoms with E-state index in [1.54, 1.807) is 19.2 Å². The van der Waals surface area contributed by atoms with Crippen molar-refractivity contribution in [1.82, 2.24) is 15.5 Å². The van der Waals surface area contributed by atoms with Gasteiger partial charge in [0.05, 0.1) is 12.6 Å². The van der Waals surface area contributed by atoms with Crippen LogP contribution in [0.25, 0.3) is 0 Å². The molecule has 1 unspecified atom stereocenters. The van der Waals surface area contributed by atoms with Crippen molar-refractivity contribution in [3.8, 4) is 0 Å². The Bertz CT molecular complexity index is 855. The first kappa shape index (κ1) is 23.9. The van der Waals surface area contributed by atoms with Gasteiger partial charge in [0.15, 0.2) is 0 Å². The van der Waals surface area contributed by atoms with Gasteiger partial charge in [-0.15, -0.1) is 0 Å². The molecule has 0 heterocycles. The van der Waals surface area contributed by atoms with E-state index < -0.39 is 18.6 Å². The molecule has 0 spiro atoms. The molecule has 2 rings (SSSR count). The number of halogens is 4. The van der Waals surface area contributed by atoms with Crippen molar-refractivity contribution in [1.29, 1.82) is 0 Å². The number of benzene rings is 2. The molecule has 0 radical (unpaired) electrons. The van der Waals surface area contributed by atoms with Crippen molar-refractivity contribution < 1.29 is 22.8 Å². The summed E-state index contributed by atoms with van der Waals surface area (Å²) in [5.41, 5.74) is 1.97. The second-order valence-electron chi connectivity index (χ2n) is 7.01. The topological polar surface area (TPSA) is 61.4 Å². The Hall–Kier alpha value is -2.39. The van der Waals surface area contributed by atoms with Crippen LogP contribution in [-0.4, -0.2) is 43.0 Å². The molecule has 0 aliphatic heterocycles. The minimum absolute atomic E-state index is 0.129. The maximum absolute atomic E-state index is 12.3. The molecule has 1 atom stereocenters. The Morgan fingerprint density at radius 2 is 1.67 bits per heavy atom. The molecule has 0 bridgehead atoms. The number of alkyl halides is 3. The lowest BCUT2D eigenvalue weighted by atomic mass is 10.1. The zero-order chi connectivity index (χ0) is 22.3. The number of carbonyl (C=O) groups is 2. The number of amides is 2. The van der Waals surface area contributed by atoms with Crippen LogP contribution in [0.5, 0.6) is 0 Å². The summed E-state index contributed by atoms with van der Waals surface area (Å²) < 4.78 is 37.5. The zero-order valence-corrected chi connectivity index (χ0v) is 18.2. The maximum atomic E-state index is 12.3. The number of nitrogens with one attached hydrogen (secondary N) is 2. The predicted octanol–water partition coefficient (Wildman–Crippen LogP) is 4.05. The Morgan fingerprint density at radius 1 is 1.07 bits per heavy atom. The lowest BCUT2D eigenvalue weighted by Crippen LogP contribution is -2.36. The molecule has 0 saturated carbocycles. The fourth-order valence-corrected chi connectivity index (χ4v) is 3.04. The summed E-state index contributed by atoms with van der Waals surface area (Å²) in [6, 6.07) is 13.8. The Labute approximate surface area is 181 Å². The van der Waals surface area contributed by atoms with Gasteiger partial charge >= 0.3 is 6.18 Å². The highest BCUT2D eigenvalue weighted by Gasteiger charge is 2.27. The summed E-state index contributed by atoms with van der Waals surface area (Å²) in [5.74, 6) is -0.912. The van der Waals surface area contributed by atoms with E-state index in [4.69, 9.17) is 0 Å². The lowest BCUT2D eigenvalue weighted by Gasteiger charge is -2.19. The molecule has 2 N–H and O–H groups in total. The van der Waals surface area contributed by atoms with Crippen LogP contribution in [0.3, 0.4) is 0 Å². The molecule has 30 heavy (non-hydrogen) atoms. The summed E-state index contributed by atoms with van der Waals surface area (Å²) in [5, 5.41) is 4.77. The van der Waals surface area contributed by atoms with E-state index in [-0.39, 0.29) is 24.1 Å². The summed E-state index contributed by atoms with van der Waals surface area (Å²) in [4.78, 5) is 25.8. The summed E-state index contributed by atoms with van der Waals surface area (Å²) in [6.45, 7) is 1.16. The molecule has 2 amide bonds. The van der Waals surface area contributed by atoms with E-state index in [0.29, 0.717) is 6.54 Å². The zero-order valence-electron chi connectivity index (χ0n) is 16.6.